The number of hydrogen-bond donors (Lipinski definition) is 1. The maximum absolute atomic E-state index is 12.8. The first-order valence-corrected chi connectivity index (χ1v) is 13.2. The van der Waals surface area contributed by atoms with Crippen molar-refractivity contribution in [2.45, 2.75) is 58.0 Å². The van der Waals surface area contributed by atoms with Gasteiger partial charge in [-0.2, -0.15) is 0 Å². The minimum Gasteiger partial charge on any atom is -0.493 e. The average molecular weight is 478 g/mol. The molecule has 6 heteroatoms. The summed E-state index contributed by atoms with van der Waals surface area (Å²) >= 11 is 0. The predicted molar refractivity (Wildman–Crippen MR) is 138 cm³/mol. The molecule has 2 aliphatic rings. The van der Waals surface area contributed by atoms with Crippen molar-refractivity contribution >= 4 is 11.8 Å². The van der Waals surface area contributed by atoms with Crippen LogP contribution in [-0.2, 0) is 22.7 Å². The second kappa shape index (κ2) is 13.3. The minimum absolute atomic E-state index is 0.0279. The lowest BCUT2D eigenvalue weighted by Crippen LogP contribution is -2.43. The highest BCUT2D eigenvalue weighted by Crippen LogP contribution is 2.19. The lowest BCUT2D eigenvalue weighted by Gasteiger charge is -2.31. The molecule has 35 heavy (non-hydrogen) atoms. The number of piperidine rings is 1. The third-order valence-electron chi connectivity index (χ3n) is 7.11. The third kappa shape index (κ3) is 8.10. The van der Waals surface area contributed by atoms with Gasteiger partial charge in [0.1, 0.15) is 5.75 Å². The van der Waals surface area contributed by atoms with Crippen molar-refractivity contribution in [2.75, 3.05) is 32.8 Å². The van der Waals surface area contributed by atoms with Crippen LogP contribution in [0.5, 0.6) is 5.75 Å². The summed E-state index contributed by atoms with van der Waals surface area (Å²) in [6.07, 6.45) is 7.07. The summed E-state index contributed by atoms with van der Waals surface area (Å²) in [6, 6.07) is 18.2. The van der Waals surface area contributed by atoms with Gasteiger partial charge in [0.25, 0.3) is 0 Å². The highest BCUT2D eigenvalue weighted by atomic mass is 16.5. The van der Waals surface area contributed by atoms with E-state index in [-0.39, 0.29) is 17.7 Å². The van der Waals surface area contributed by atoms with Crippen molar-refractivity contribution in [1.29, 1.82) is 0 Å². The van der Waals surface area contributed by atoms with Gasteiger partial charge < -0.3 is 15.0 Å². The summed E-state index contributed by atoms with van der Waals surface area (Å²) in [5.41, 5.74) is 2.47. The molecule has 2 saturated heterocycles. The molecule has 0 unspecified atom stereocenters. The monoisotopic (exact) mass is 477 g/mol. The standard InChI is InChI=1S/C29H39N3O3/c33-28(15-20-35-27-11-4-3-5-12-27)32-18-13-26(14-19-32)29(34)30-22-24-9-8-10-25(21-24)23-31-16-6-1-2-7-17-31/h3-5,8-12,21,26H,1-2,6-7,13-20,22-23H2,(H,30,34). The van der Waals surface area contributed by atoms with Gasteiger partial charge in [-0.05, 0) is 62.0 Å². The van der Waals surface area contributed by atoms with Gasteiger partial charge in [-0.15, -0.1) is 0 Å². The Morgan fingerprint density at radius 3 is 2.31 bits per heavy atom. The lowest BCUT2D eigenvalue weighted by atomic mass is 9.95. The van der Waals surface area contributed by atoms with Gasteiger partial charge in [-0.1, -0.05) is 55.3 Å². The van der Waals surface area contributed by atoms with E-state index >= 15 is 0 Å². The first kappa shape index (κ1) is 25.2. The van der Waals surface area contributed by atoms with Gasteiger partial charge in [0.05, 0.1) is 13.0 Å². The second-order valence-electron chi connectivity index (χ2n) is 9.79. The Kier molecular flexibility index (Phi) is 9.58. The molecule has 2 amide bonds. The van der Waals surface area contributed by atoms with Gasteiger partial charge in [-0.25, -0.2) is 0 Å². The number of ether oxygens (including phenoxy) is 1. The van der Waals surface area contributed by atoms with Crippen LogP contribution in [0.1, 0.15) is 56.1 Å². The zero-order valence-corrected chi connectivity index (χ0v) is 20.8. The van der Waals surface area contributed by atoms with Crippen LogP contribution in [0, 0.1) is 5.92 Å². The van der Waals surface area contributed by atoms with Crippen molar-refractivity contribution in [3.05, 3.63) is 65.7 Å². The summed E-state index contributed by atoms with van der Waals surface area (Å²) in [6.45, 7) is 5.55. The molecule has 2 aliphatic heterocycles. The van der Waals surface area contributed by atoms with E-state index in [2.05, 4.69) is 34.5 Å². The highest BCUT2D eigenvalue weighted by Gasteiger charge is 2.27. The molecule has 2 fully saturated rings. The number of carbonyl (C=O) groups is 2. The predicted octanol–water partition coefficient (Wildman–Crippen LogP) is 4.39. The van der Waals surface area contributed by atoms with Crippen LogP contribution in [0.15, 0.2) is 54.6 Å². The molecule has 0 bridgehead atoms. The van der Waals surface area contributed by atoms with E-state index in [1.165, 1.54) is 44.3 Å². The summed E-state index contributed by atoms with van der Waals surface area (Å²) < 4.78 is 5.64. The molecule has 0 aromatic heterocycles. The van der Waals surface area contributed by atoms with Crippen molar-refractivity contribution in [3.63, 3.8) is 0 Å². The molecular weight excluding hydrogens is 438 g/mol. The Bertz CT molecular complexity index is 933. The number of benzene rings is 2. The van der Waals surface area contributed by atoms with Crippen molar-refractivity contribution in [3.8, 4) is 5.75 Å². The van der Waals surface area contributed by atoms with Crippen LogP contribution in [0.25, 0.3) is 0 Å². The van der Waals surface area contributed by atoms with Crippen LogP contribution in [0.2, 0.25) is 0 Å². The lowest BCUT2D eigenvalue weighted by molar-refractivity contribution is -0.136. The van der Waals surface area contributed by atoms with Gasteiger partial charge in [0.2, 0.25) is 11.8 Å². The molecule has 1 N–H and O–H groups in total. The van der Waals surface area contributed by atoms with Crippen LogP contribution in [0.3, 0.4) is 0 Å². The van der Waals surface area contributed by atoms with E-state index in [0.717, 1.165) is 17.9 Å². The first-order valence-electron chi connectivity index (χ1n) is 13.2. The molecule has 4 rings (SSSR count). The smallest absolute Gasteiger partial charge is 0.225 e. The van der Waals surface area contributed by atoms with Crippen molar-refractivity contribution in [1.82, 2.24) is 15.1 Å². The highest BCUT2D eigenvalue weighted by molar-refractivity contribution is 5.80. The molecule has 188 valence electrons. The summed E-state index contributed by atoms with van der Waals surface area (Å²) in [5, 5.41) is 3.13. The zero-order chi connectivity index (χ0) is 24.3. The maximum atomic E-state index is 12.8. The van der Waals surface area contributed by atoms with E-state index in [0.29, 0.717) is 45.5 Å². The number of nitrogens with zero attached hydrogens (tertiary/aromatic N) is 2. The third-order valence-corrected chi connectivity index (χ3v) is 7.11. The number of rotatable bonds is 9. The Balaban J connectivity index is 1.15. The molecular formula is C29H39N3O3. The van der Waals surface area contributed by atoms with E-state index in [1.54, 1.807) is 0 Å². The molecule has 2 aromatic carbocycles. The van der Waals surface area contributed by atoms with Crippen LogP contribution >= 0.6 is 0 Å². The molecule has 2 heterocycles. The summed E-state index contributed by atoms with van der Waals surface area (Å²) in [4.78, 5) is 29.7. The molecule has 0 saturated carbocycles. The fourth-order valence-electron chi connectivity index (χ4n) is 5.05. The minimum atomic E-state index is -0.0279. The number of carbonyl (C=O) groups excluding carboxylic acids is 2. The van der Waals surface area contributed by atoms with Gasteiger partial charge in [0, 0.05) is 32.1 Å². The van der Waals surface area contributed by atoms with E-state index in [1.807, 2.05) is 35.2 Å². The van der Waals surface area contributed by atoms with Gasteiger partial charge >= 0.3 is 0 Å². The Labute approximate surface area is 209 Å². The van der Waals surface area contributed by atoms with Gasteiger partial charge in [0.15, 0.2) is 0 Å². The van der Waals surface area contributed by atoms with E-state index < -0.39 is 0 Å². The van der Waals surface area contributed by atoms with E-state index in [9.17, 15) is 9.59 Å². The maximum Gasteiger partial charge on any atom is 0.225 e. The van der Waals surface area contributed by atoms with Crippen LogP contribution < -0.4 is 10.1 Å². The number of likely N-dealkylation sites (tertiary alicyclic amines) is 2. The summed E-state index contributed by atoms with van der Waals surface area (Å²) in [7, 11) is 0. The summed E-state index contributed by atoms with van der Waals surface area (Å²) in [5.74, 6) is 0.950. The number of nitrogens with one attached hydrogen (secondary N) is 1. The second-order valence-corrected chi connectivity index (χ2v) is 9.79. The fourth-order valence-corrected chi connectivity index (χ4v) is 5.05. The first-order chi connectivity index (χ1) is 17.2. The Morgan fingerprint density at radius 2 is 1.57 bits per heavy atom. The SMILES string of the molecule is O=C(NCc1cccc(CN2CCCCCC2)c1)C1CCN(C(=O)CCOc2ccccc2)CC1. The average Bonchev–Trinajstić information content (AvgIpc) is 3.17. The number of para-hydroxylation sites is 1. The van der Waals surface area contributed by atoms with Crippen molar-refractivity contribution < 1.29 is 14.3 Å². The van der Waals surface area contributed by atoms with Gasteiger partial charge in [-0.3, -0.25) is 14.5 Å². The molecule has 0 atom stereocenters. The van der Waals surface area contributed by atoms with Crippen molar-refractivity contribution in [2.24, 2.45) is 5.92 Å². The normalized spacial score (nSPS) is 17.5. The fraction of sp³-hybridized carbons (Fsp3) is 0.517. The topological polar surface area (TPSA) is 61.9 Å². The number of amides is 2. The Morgan fingerprint density at radius 1 is 0.857 bits per heavy atom. The molecule has 0 spiro atoms. The largest absolute Gasteiger partial charge is 0.493 e. The van der Waals surface area contributed by atoms with Crippen LogP contribution in [-0.4, -0.2) is 54.4 Å². The Hall–Kier alpha value is -2.86. The zero-order valence-electron chi connectivity index (χ0n) is 20.8. The molecule has 2 aromatic rings. The van der Waals surface area contributed by atoms with E-state index in [4.69, 9.17) is 4.74 Å². The molecule has 6 nitrogen and oxygen atoms in total. The molecule has 0 radical (unpaired) electrons. The van der Waals surface area contributed by atoms with Crippen LogP contribution in [0.4, 0.5) is 0 Å². The quantitative estimate of drug-likeness (QED) is 0.582. The molecule has 0 aliphatic carbocycles. The number of hydrogen-bond acceptors (Lipinski definition) is 4.